The fourth-order valence-corrected chi connectivity index (χ4v) is 3.57. The van der Waals surface area contributed by atoms with E-state index in [1.165, 1.54) is 11.3 Å². The molecule has 0 radical (unpaired) electrons. The fourth-order valence-electron chi connectivity index (χ4n) is 3.57. The zero-order valence-electron chi connectivity index (χ0n) is 17.1. The highest BCUT2D eigenvalue weighted by Gasteiger charge is 2.22. The van der Waals surface area contributed by atoms with E-state index in [0.717, 1.165) is 55.5 Å². The Morgan fingerprint density at radius 3 is 2.31 bits per heavy atom. The van der Waals surface area contributed by atoms with Crippen molar-refractivity contribution in [1.29, 1.82) is 0 Å². The molecule has 0 spiro atoms. The van der Waals surface area contributed by atoms with Gasteiger partial charge in [-0.3, -0.25) is 14.6 Å². The van der Waals surface area contributed by atoms with Gasteiger partial charge < -0.3 is 9.64 Å². The highest BCUT2D eigenvalue weighted by atomic mass is 35.5. The van der Waals surface area contributed by atoms with Crippen LogP contribution < -0.4 is 9.64 Å². The Labute approximate surface area is 177 Å². The molecule has 8 heteroatoms. The molecular formula is C21H27ClN6O. The van der Waals surface area contributed by atoms with Gasteiger partial charge in [-0.25, -0.2) is 4.98 Å². The smallest absolute Gasteiger partial charge is 0.155 e. The predicted molar refractivity (Wildman–Crippen MR) is 117 cm³/mol. The molecule has 1 aromatic carbocycles. The Morgan fingerprint density at radius 2 is 1.69 bits per heavy atom. The molecule has 1 saturated heterocycles. The molecule has 0 N–H and O–H groups in total. The molecule has 0 atom stereocenters. The Balaban J connectivity index is 0.00000240. The molecule has 1 fully saturated rings. The average molecular weight is 415 g/mol. The number of anilines is 1. The van der Waals surface area contributed by atoms with Gasteiger partial charge in [0.05, 0.1) is 13.3 Å². The van der Waals surface area contributed by atoms with Crippen molar-refractivity contribution >= 4 is 18.2 Å². The zero-order chi connectivity index (χ0) is 19.5. The van der Waals surface area contributed by atoms with Crippen molar-refractivity contribution in [3.8, 4) is 17.0 Å². The minimum atomic E-state index is 0. The minimum Gasteiger partial charge on any atom is -0.497 e. The number of benzene rings is 1. The first kappa shape index (κ1) is 21.1. The third kappa shape index (κ3) is 4.52. The molecule has 154 valence electrons. The lowest BCUT2D eigenvalue weighted by atomic mass is 10.1. The summed E-state index contributed by atoms with van der Waals surface area (Å²) in [7, 11) is 3.67. The van der Waals surface area contributed by atoms with Gasteiger partial charge in [-0.05, 0) is 31.2 Å². The third-order valence-corrected chi connectivity index (χ3v) is 5.45. The summed E-state index contributed by atoms with van der Waals surface area (Å²) in [5, 5.41) is 4.35. The van der Waals surface area contributed by atoms with Crippen LogP contribution >= 0.6 is 12.4 Å². The summed E-state index contributed by atoms with van der Waals surface area (Å²) < 4.78 is 7.20. The molecule has 1 aliphatic heterocycles. The van der Waals surface area contributed by atoms with Crippen LogP contribution in [0, 0.1) is 6.92 Å². The van der Waals surface area contributed by atoms with Crippen molar-refractivity contribution in [3.05, 3.63) is 54.1 Å². The first-order chi connectivity index (χ1) is 13.7. The van der Waals surface area contributed by atoms with E-state index in [1.54, 1.807) is 19.5 Å². The number of ether oxygens (including phenoxy) is 1. The summed E-state index contributed by atoms with van der Waals surface area (Å²) in [6.45, 7) is 6.92. The number of piperazine rings is 1. The molecule has 7 nitrogen and oxygen atoms in total. The van der Waals surface area contributed by atoms with E-state index in [9.17, 15) is 0 Å². The van der Waals surface area contributed by atoms with Crippen LogP contribution in [0.15, 0.2) is 42.9 Å². The zero-order valence-corrected chi connectivity index (χ0v) is 17.9. The molecule has 29 heavy (non-hydrogen) atoms. The standard InChI is InChI=1S/C21H26N6O.ClH/c1-16-18(14-24-25(16)2)15-26-10-12-27(13-11-26)21-20(22-8-9-23-21)17-4-6-19(28-3)7-5-17;/h4-9,14H,10-13,15H2,1-3H3;1H. The number of hydrogen-bond acceptors (Lipinski definition) is 6. The molecule has 2 aromatic heterocycles. The minimum absolute atomic E-state index is 0. The molecule has 3 aromatic rings. The largest absolute Gasteiger partial charge is 0.497 e. The van der Waals surface area contributed by atoms with Crippen LogP contribution in [0.4, 0.5) is 5.82 Å². The first-order valence-corrected chi connectivity index (χ1v) is 9.56. The number of aryl methyl sites for hydroxylation is 1. The van der Waals surface area contributed by atoms with Crippen LogP contribution in [0.2, 0.25) is 0 Å². The first-order valence-electron chi connectivity index (χ1n) is 9.56. The lowest BCUT2D eigenvalue weighted by molar-refractivity contribution is 0.249. The number of halogens is 1. The van der Waals surface area contributed by atoms with E-state index >= 15 is 0 Å². The van der Waals surface area contributed by atoms with Gasteiger partial charge in [0.25, 0.3) is 0 Å². The second kappa shape index (κ2) is 9.24. The van der Waals surface area contributed by atoms with Crippen molar-refractivity contribution in [3.63, 3.8) is 0 Å². The Bertz CT molecular complexity index is 935. The summed E-state index contributed by atoms with van der Waals surface area (Å²) in [5.74, 6) is 1.79. The average Bonchev–Trinajstić information content (AvgIpc) is 3.06. The van der Waals surface area contributed by atoms with E-state index in [-0.39, 0.29) is 12.4 Å². The lowest BCUT2D eigenvalue weighted by Crippen LogP contribution is -2.46. The number of rotatable bonds is 5. The Hall–Kier alpha value is -2.64. The molecule has 0 saturated carbocycles. The maximum atomic E-state index is 5.26. The highest BCUT2D eigenvalue weighted by Crippen LogP contribution is 2.28. The van der Waals surface area contributed by atoms with E-state index in [4.69, 9.17) is 4.74 Å². The van der Waals surface area contributed by atoms with Crippen LogP contribution in [-0.2, 0) is 13.6 Å². The van der Waals surface area contributed by atoms with Crippen molar-refractivity contribution in [2.24, 2.45) is 7.05 Å². The van der Waals surface area contributed by atoms with Gasteiger partial charge in [0, 0.05) is 69.0 Å². The molecule has 0 bridgehead atoms. The van der Waals surface area contributed by atoms with Gasteiger partial charge in [0.15, 0.2) is 5.82 Å². The van der Waals surface area contributed by atoms with Crippen molar-refractivity contribution in [1.82, 2.24) is 24.6 Å². The van der Waals surface area contributed by atoms with Gasteiger partial charge in [-0.2, -0.15) is 5.10 Å². The van der Waals surface area contributed by atoms with Gasteiger partial charge in [-0.1, -0.05) is 0 Å². The molecular weight excluding hydrogens is 388 g/mol. The Kier molecular flexibility index (Phi) is 6.71. The summed E-state index contributed by atoms with van der Waals surface area (Å²) in [5.41, 5.74) is 4.51. The maximum absolute atomic E-state index is 5.26. The number of methoxy groups -OCH3 is 1. The fraction of sp³-hybridized carbons (Fsp3) is 0.381. The van der Waals surface area contributed by atoms with Gasteiger partial charge in [-0.15, -0.1) is 12.4 Å². The quantitative estimate of drug-likeness (QED) is 0.639. The van der Waals surface area contributed by atoms with Crippen LogP contribution in [0.1, 0.15) is 11.3 Å². The molecule has 1 aliphatic rings. The highest BCUT2D eigenvalue weighted by molar-refractivity contribution is 5.85. The summed E-state index contributed by atoms with van der Waals surface area (Å²) >= 11 is 0. The van der Waals surface area contributed by atoms with Gasteiger partial charge >= 0.3 is 0 Å². The SMILES string of the molecule is COc1ccc(-c2nccnc2N2CCN(Cc3cnn(C)c3C)CC2)cc1.Cl. The van der Waals surface area contributed by atoms with E-state index in [1.807, 2.05) is 42.2 Å². The number of hydrogen-bond donors (Lipinski definition) is 0. The third-order valence-electron chi connectivity index (χ3n) is 5.45. The normalized spacial score (nSPS) is 14.5. The number of aromatic nitrogens is 4. The molecule has 0 amide bonds. The number of nitrogens with zero attached hydrogens (tertiary/aromatic N) is 6. The Morgan fingerprint density at radius 1 is 1.00 bits per heavy atom. The topological polar surface area (TPSA) is 59.3 Å². The van der Waals surface area contributed by atoms with E-state index < -0.39 is 0 Å². The van der Waals surface area contributed by atoms with Crippen LogP contribution in [0.3, 0.4) is 0 Å². The second-order valence-corrected chi connectivity index (χ2v) is 7.10. The summed E-state index contributed by atoms with van der Waals surface area (Å²) in [4.78, 5) is 14.1. The molecule has 3 heterocycles. The van der Waals surface area contributed by atoms with Crippen LogP contribution in [0.25, 0.3) is 11.3 Å². The predicted octanol–water partition coefficient (Wildman–Crippen LogP) is 2.94. The summed E-state index contributed by atoms with van der Waals surface area (Å²) in [6.07, 6.45) is 5.50. The van der Waals surface area contributed by atoms with Crippen molar-refractivity contribution in [2.75, 3.05) is 38.2 Å². The molecule has 4 rings (SSSR count). The van der Waals surface area contributed by atoms with Crippen molar-refractivity contribution in [2.45, 2.75) is 13.5 Å². The van der Waals surface area contributed by atoms with E-state index in [2.05, 4.69) is 31.8 Å². The van der Waals surface area contributed by atoms with Gasteiger partial charge in [0.2, 0.25) is 0 Å². The summed E-state index contributed by atoms with van der Waals surface area (Å²) in [6, 6.07) is 7.99. The van der Waals surface area contributed by atoms with E-state index in [0.29, 0.717) is 0 Å². The maximum Gasteiger partial charge on any atom is 0.155 e. The van der Waals surface area contributed by atoms with Gasteiger partial charge in [0.1, 0.15) is 11.4 Å². The monoisotopic (exact) mass is 414 g/mol. The van der Waals surface area contributed by atoms with Crippen molar-refractivity contribution < 1.29 is 4.74 Å². The molecule has 0 aliphatic carbocycles. The second-order valence-electron chi connectivity index (χ2n) is 7.10. The van der Waals surface area contributed by atoms with Crippen LogP contribution in [-0.4, -0.2) is 57.9 Å². The van der Waals surface area contributed by atoms with Crippen LogP contribution in [0.5, 0.6) is 5.75 Å². The lowest BCUT2D eigenvalue weighted by Gasteiger charge is -2.35. The molecule has 0 unspecified atom stereocenters.